The predicted octanol–water partition coefficient (Wildman–Crippen LogP) is 5.24. The molecule has 7 nitrogen and oxygen atoms in total. The van der Waals surface area contributed by atoms with Crippen molar-refractivity contribution in [2.24, 2.45) is 5.92 Å². The minimum Gasteiger partial charge on any atom is -0.493 e. The quantitative estimate of drug-likeness (QED) is 0.394. The summed E-state index contributed by atoms with van der Waals surface area (Å²) in [5.41, 5.74) is 2.15. The van der Waals surface area contributed by atoms with Crippen LogP contribution in [0.15, 0.2) is 40.9 Å². The summed E-state index contributed by atoms with van der Waals surface area (Å²) in [6, 6.07) is 12.7. The third-order valence-corrected chi connectivity index (χ3v) is 7.03. The number of para-hydroxylation sites is 1. The van der Waals surface area contributed by atoms with E-state index >= 15 is 0 Å². The molecule has 3 aromatic rings. The summed E-state index contributed by atoms with van der Waals surface area (Å²) in [5.74, 6) is 3.83. The van der Waals surface area contributed by atoms with E-state index in [4.69, 9.17) is 19.4 Å². The molecule has 1 aliphatic carbocycles. The van der Waals surface area contributed by atoms with Crippen LogP contribution < -0.4 is 25.0 Å². The zero-order valence-electron chi connectivity index (χ0n) is 20.4. The van der Waals surface area contributed by atoms with E-state index in [1.54, 1.807) is 14.2 Å². The number of fused-ring (bicyclic) bond motifs is 1. The maximum Gasteiger partial charge on any atom is 0.225 e. The molecular formula is C26H34BrN5O2. The number of benzene rings is 2. The van der Waals surface area contributed by atoms with Gasteiger partial charge in [0.05, 0.1) is 24.2 Å². The van der Waals surface area contributed by atoms with E-state index in [0.29, 0.717) is 12.0 Å². The maximum atomic E-state index is 5.46. The fourth-order valence-electron chi connectivity index (χ4n) is 4.65. The average Bonchev–Trinajstić information content (AvgIpc) is 2.84. The van der Waals surface area contributed by atoms with Crippen LogP contribution in [-0.2, 0) is 6.54 Å². The van der Waals surface area contributed by atoms with Crippen molar-refractivity contribution in [1.82, 2.24) is 15.3 Å². The average molecular weight is 528 g/mol. The molecule has 2 aromatic carbocycles. The molecule has 0 aliphatic heterocycles. The van der Waals surface area contributed by atoms with E-state index < -0.39 is 0 Å². The van der Waals surface area contributed by atoms with Crippen molar-refractivity contribution in [1.29, 1.82) is 0 Å². The summed E-state index contributed by atoms with van der Waals surface area (Å²) in [5, 5.41) is 8.30. The number of anilines is 2. The van der Waals surface area contributed by atoms with Crippen LogP contribution in [0, 0.1) is 5.92 Å². The van der Waals surface area contributed by atoms with E-state index in [1.807, 2.05) is 32.3 Å². The van der Waals surface area contributed by atoms with Crippen molar-refractivity contribution in [3.63, 3.8) is 0 Å². The van der Waals surface area contributed by atoms with Gasteiger partial charge in [-0.1, -0.05) is 12.1 Å². The molecule has 0 bridgehead atoms. The Morgan fingerprint density at radius 3 is 2.50 bits per heavy atom. The van der Waals surface area contributed by atoms with Gasteiger partial charge in [0.1, 0.15) is 5.82 Å². The van der Waals surface area contributed by atoms with Gasteiger partial charge < -0.3 is 25.0 Å². The molecule has 1 saturated carbocycles. The summed E-state index contributed by atoms with van der Waals surface area (Å²) < 4.78 is 11.8. The summed E-state index contributed by atoms with van der Waals surface area (Å²) >= 11 is 3.57. The fraction of sp³-hybridized carbons (Fsp3) is 0.462. The van der Waals surface area contributed by atoms with Crippen LogP contribution in [0.5, 0.6) is 11.5 Å². The van der Waals surface area contributed by atoms with Gasteiger partial charge in [-0.25, -0.2) is 4.98 Å². The van der Waals surface area contributed by atoms with E-state index in [-0.39, 0.29) is 0 Å². The number of nitrogens with zero attached hydrogens (tertiary/aromatic N) is 3. The van der Waals surface area contributed by atoms with Gasteiger partial charge in [0.15, 0.2) is 11.5 Å². The predicted molar refractivity (Wildman–Crippen MR) is 142 cm³/mol. The molecule has 0 unspecified atom stereocenters. The molecule has 1 aromatic heterocycles. The summed E-state index contributed by atoms with van der Waals surface area (Å²) in [7, 11) is 7.37. The van der Waals surface area contributed by atoms with Gasteiger partial charge in [-0.2, -0.15) is 4.98 Å². The first-order valence-electron chi connectivity index (χ1n) is 11.8. The van der Waals surface area contributed by atoms with Crippen LogP contribution in [0.25, 0.3) is 10.9 Å². The normalized spacial score (nSPS) is 18.0. The smallest absolute Gasteiger partial charge is 0.225 e. The van der Waals surface area contributed by atoms with E-state index in [2.05, 4.69) is 49.7 Å². The van der Waals surface area contributed by atoms with Gasteiger partial charge in [-0.15, -0.1) is 0 Å². The molecule has 1 fully saturated rings. The summed E-state index contributed by atoms with van der Waals surface area (Å²) in [6.07, 6.45) is 4.63. The van der Waals surface area contributed by atoms with Crippen LogP contribution in [0.2, 0.25) is 0 Å². The second kappa shape index (κ2) is 11.2. The van der Waals surface area contributed by atoms with E-state index in [1.165, 1.54) is 18.4 Å². The van der Waals surface area contributed by atoms with Gasteiger partial charge in [-0.05, 0) is 83.9 Å². The van der Waals surface area contributed by atoms with Crippen LogP contribution in [0.1, 0.15) is 31.2 Å². The van der Waals surface area contributed by atoms with Gasteiger partial charge in [0.25, 0.3) is 0 Å². The first kappa shape index (κ1) is 24.5. The Kier molecular flexibility index (Phi) is 8.11. The number of halogens is 1. The van der Waals surface area contributed by atoms with Crippen LogP contribution in [0.3, 0.4) is 0 Å². The lowest BCUT2D eigenvalue weighted by Crippen LogP contribution is -2.31. The second-order valence-electron chi connectivity index (χ2n) is 9.09. The first-order chi connectivity index (χ1) is 16.5. The Bertz CT molecular complexity index is 1120. The molecule has 1 heterocycles. The largest absolute Gasteiger partial charge is 0.493 e. The molecule has 0 saturated heterocycles. The molecule has 34 heavy (non-hydrogen) atoms. The summed E-state index contributed by atoms with van der Waals surface area (Å²) in [6.45, 7) is 1.81. The minimum atomic E-state index is 0.411. The van der Waals surface area contributed by atoms with Crippen LogP contribution in [0.4, 0.5) is 11.8 Å². The van der Waals surface area contributed by atoms with Crippen molar-refractivity contribution in [3.8, 4) is 11.5 Å². The van der Waals surface area contributed by atoms with Crippen molar-refractivity contribution >= 4 is 38.6 Å². The number of hydrogen-bond donors (Lipinski definition) is 2. The lowest BCUT2D eigenvalue weighted by atomic mass is 9.86. The second-order valence-corrected chi connectivity index (χ2v) is 9.94. The topological polar surface area (TPSA) is 71.5 Å². The fourth-order valence-corrected chi connectivity index (χ4v) is 5.30. The molecule has 0 amide bonds. The molecular weight excluding hydrogens is 494 g/mol. The number of hydrogen-bond acceptors (Lipinski definition) is 7. The molecule has 2 N–H and O–H groups in total. The monoisotopic (exact) mass is 527 g/mol. The van der Waals surface area contributed by atoms with Crippen molar-refractivity contribution in [3.05, 3.63) is 46.4 Å². The molecule has 182 valence electrons. The van der Waals surface area contributed by atoms with Gasteiger partial charge in [0.2, 0.25) is 5.95 Å². The van der Waals surface area contributed by atoms with Crippen molar-refractivity contribution in [2.75, 3.05) is 45.1 Å². The van der Waals surface area contributed by atoms with Gasteiger partial charge in [-0.3, -0.25) is 0 Å². The zero-order valence-corrected chi connectivity index (χ0v) is 22.0. The van der Waals surface area contributed by atoms with E-state index in [0.717, 1.165) is 64.6 Å². The zero-order chi connectivity index (χ0) is 24.1. The molecule has 1 aliphatic rings. The van der Waals surface area contributed by atoms with E-state index in [9.17, 15) is 0 Å². The number of nitrogens with one attached hydrogen (secondary N) is 2. The molecule has 8 heteroatoms. The Balaban J connectivity index is 1.29. The first-order valence-corrected chi connectivity index (χ1v) is 12.6. The SMILES string of the molecule is COc1cc(CNC[C@H]2CC[C@@H](Nc3nc(N(C)C)c4ccccc4n3)CC2)cc(Br)c1OC. The minimum absolute atomic E-state index is 0.411. The third kappa shape index (κ3) is 5.73. The lowest BCUT2D eigenvalue weighted by Gasteiger charge is -2.29. The molecule has 0 radical (unpaired) electrons. The molecule has 4 rings (SSSR count). The highest BCUT2D eigenvalue weighted by Gasteiger charge is 2.22. The molecule has 0 spiro atoms. The number of aromatic nitrogens is 2. The highest BCUT2D eigenvalue weighted by Crippen LogP contribution is 2.36. The van der Waals surface area contributed by atoms with Crippen LogP contribution in [-0.4, -0.2) is 50.9 Å². The number of ether oxygens (including phenoxy) is 2. The lowest BCUT2D eigenvalue weighted by molar-refractivity contribution is 0.323. The number of rotatable bonds is 9. The molecule has 0 atom stereocenters. The maximum absolute atomic E-state index is 5.46. The number of methoxy groups -OCH3 is 2. The third-order valence-electron chi connectivity index (χ3n) is 6.44. The summed E-state index contributed by atoms with van der Waals surface area (Å²) in [4.78, 5) is 11.6. The Labute approximate surface area is 210 Å². The van der Waals surface area contributed by atoms with Gasteiger partial charge >= 0.3 is 0 Å². The van der Waals surface area contributed by atoms with Crippen LogP contribution >= 0.6 is 15.9 Å². The highest BCUT2D eigenvalue weighted by molar-refractivity contribution is 9.10. The Morgan fingerprint density at radius 1 is 1.03 bits per heavy atom. The van der Waals surface area contributed by atoms with Gasteiger partial charge in [0, 0.05) is 32.1 Å². The van der Waals surface area contributed by atoms with Crippen molar-refractivity contribution in [2.45, 2.75) is 38.3 Å². The highest BCUT2D eigenvalue weighted by atomic mass is 79.9. The van der Waals surface area contributed by atoms with Crippen molar-refractivity contribution < 1.29 is 9.47 Å². The Hall–Kier alpha value is -2.58. The Morgan fingerprint density at radius 2 is 1.79 bits per heavy atom. The standard InChI is InChI=1S/C26H34BrN5O2/c1-32(2)25-20-7-5-6-8-22(20)30-26(31-25)29-19-11-9-17(10-12-19)15-28-16-18-13-21(27)24(34-4)23(14-18)33-3/h5-8,13-14,17,19,28H,9-12,15-16H2,1-4H3,(H,29,30,31)/t17-,19+.